The molecule has 5 heteroatoms. The van der Waals surface area contributed by atoms with E-state index in [-0.39, 0.29) is 13.2 Å². The number of hydrogen-bond donors (Lipinski definition) is 2. The van der Waals surface area contributed by atoms with Gasteiger partial charge >= 0.3 is 0 Å². The lowest BCUT2D eigenvalue weighted by Crippen LogP contribution is -2.70. The van der Waals surface area contributed by atoms with Crippen LogP contribution in [-0.4, -0.2) is 50.1 Å². The monoisotopic (exact) mass is 392 g/mol. The van der Waals surface area contributed by atoms with Gasteiger partial charge in [0, 0.05) is 0 Å². The summed E-state index contributed by atoms with van der Waals surface area (Å²) in [5.41, 5.74) is 0. The van der Waals surface area contributed by atoms with Crippen molar-refractivity contribution in [3.63, 3.8) is 0 Å². The maximum atomic E-state index is 10.2. The molecule has 4 rings (SSSR count). The second kappa shape index (κ2) is 8.39. The van der Waals surface area contributed by atoms with Gasteiger partial charge in [-0.15, -0.1) is 0 Å². The van der Waals surface area contributed by atoms with Gasteiger partial charge in [-0.05, 0) is 15.6 Å². The topological polar surface area (TPSA) is 58.9 Å². The molecule has 0 aromatic heterocycles. The van der Waals surface area contributed by atoms with E-state index < -0.39 is 26.6 Å². The lowest BCUT2D eigenvalue weighted by atomic mass is 10.2. The molecular formula is C23H24O4Si. The molecule has 3 aromatic rings. The maximum absolute atomic E-state index is 10.2. The van der Waals surface area contributed by atoms with Crippen LogP contribution in [0, 0.1) is 0 Å². The number of hydrogen-bond acceptors (Lipinski definition) is 4. The summed E-state index contributed by atoms with van der Waals surface area (Å²) >= 11 is 0. The first kappa shape index (κ1) is 19.1. The summed E-state index contributed by atoms with van der Waals surface area (Å²) in [5, 5.41) is 23.4. The molecule has 0 amide bonds. The van der Waals surface area contributed by atoms with E-state index in [1.807, 2.05) is 54.6 Å². The Bertz CT molecular complexity index is 776. The highest BCUT2D eigenvalue weighted by molar-refractivity contribution is 7.07. The highest BCUT2D eigenvalue weighted by Crippen LogP contribution is 2.17. The molecule has 0 spiro atoms. The Morgan fingerprint density at radius 3 is 1.54 bits per heavy atom. The van der Waals surface area contributed by atoms with E-state index in [1.54, 1.807) is 0 Å². The van der Waals surface area contributed by atoms with E-state index in [9.17, 15) is 10.2 Å². The molecule has 0 aliphatic carbocycles. The zero-order chi connectivity index (χ0) is 19.4. The Balaban J connectivity index is 1.81. The molecule has 0 radical (unpaired) electrons. The second-order valence-corrected chi connectivity index (χ2v) is 10.4. The van der Waals surface area contributed by atoms with Crippen LogP contribution in [0.25, 0.3) is 0 Å². The molecule has 1 heterocycles. The Hall–Kier alpha value is -2.28. The van der Waals surface area contributed by atoms with E-state index in [1.165, 1.54) is 0 Å². The molecule has 144 valence electrons. The minimum Gasteiger partial charge on any atom is -0.401 e. The van der Waals surface area contributed by atoms with Gasteiger partial charge in [-0.1, -0.05) is 91.0 Å². The first-order chi connectivity index (χ1) is 13.7. The summed E-state index contributed by atoms with van der Waals surface area (Å²) in [6.45, 7) is 0.342. The minimum absolute atomic E-state index is 0.131. The molecule has 3 atom stereocenters. The normalized spacial score (nSPS) is 22.3. The Morgan fingerprint density at radius 1 is 0.750 bits per heavy atom. The van der Waals surface area contributed by atoms with Crippen molar-refractivity contribution in [2.45, 2.75) is 18.3 Å². The van der Waals surface area contributed by atoms with Crippen LogP contribution >= 0.6 is 0 Å². The highest BCUT2D eigenvalue weighted by Gasteiger charge is 2.44. The van der Waals surface area contributed by atoms with E-state index in [0.717, 1.165) is 15.6 Å². The lowest BCUT2D eigenvalue weighted by Gasteiger charge is -2.34. The van der Waals surface area contributed by atoms with Gasteiger partial charge in [0.05, 0.1) is 13.2 Å². The average molecular weight is 393 g/mol. The summed E-state index contributed by atoms with van der Waals surface area (Å²) < 4.78 is 12.3. The maximum Gasteiger partial charge on any atom is 0.288 e. The number of rotatable bonds is 6. The molecule has 1 aliphatic rings. The zero-order valence-corrected chi connectivity index (χ0v) is 16.5. The van der Waals surface area contributed by atoms with E-state index in [0.29, 0.717) is 0 Å². The second-order valence-electron chi connectivity index (χ2n) is 7.02. The molecule has 1 aliphatic heterocycles. The summed E-state index contributed by atoms with van der Waals surface area (Å²) in [6.07, 6.45) is -2.35. The largest absolute Gasteiger partial charge is 0.401 e. The fraction of sp³-hybridized carbons (Fsp3) is 0.217. The molecule has 1 fully saturated rings. The smallest absolute Gasteiger partial charge is 0.288 e. The molecule has 28 heavy (non-hydrogen) atoms. The standard InChI is InChI=1S/C23H24O4Si/c24-21-16-26-22(23(21)25)17-27-28(18-10-4-1-5-11-18,19-12-6-2-7-13-19)20-14-8-3-9-15-20/h1-15,21-25H,16-17H2. The van der Waals surface area contributed by atoms with Crippen LogP contribution < -0.4 is 15.6 Å². The summed E-state index contributed by atoms with van der Waals surface area (Å²) in [5.74, 6) is 0. The van der Waals surface area contributed by atoms with E-state index in [4.69, 9.17) is 9.16 Å². The molecule has 0 bridgehead atoms. The van der Waals surface area contributed by atoms with Crippen molar-refractivity contribution in [3.05, 3.63) is 91.0 Å². The van der Waals surface area contributed by atoms with Gasteiger partial charge < -0.3 is 19.4 Å². The third kappa shape index (κ3) is 3.55. The van der Waals surface area contributed by atoms with Gasteiger partial charge in [0.15, 0.2) is 0 Å². The predicted molar refractivity (Wildman–Crippen MR) is 112 cm³/mol. The van der Waals surface area contributed by atoms with Gasteiger partial charge in [0.1, 0.15) is 18.3 Å². The number of ether oxygens (including phenoxy) is 1. The summed E-state index contributed by atoms with van der Waals surface area (Å²) in [6, 6.07) is 30.8. The van der Waals surface area contributed by atoms with Crippen LogP contribution in [0.3, 0.4) is 0 Å². The summed E-state index contributed by atoms with van der Waals surface area (Å²) in [7, 11) is -2.82. The Kier molecular flexibility index (Phi) is 5.71. The number of benzene rings is 3. The van der Waals surface area contributed by atoms with Crippen LogP contribution in [0.15, 0.2) is 91.0 Å². The molecule has 4 nitrogen and oxygen atoms in total. The number of aliphatic hydroxyl groups is 2. The van der Waals surface area contributed by atoms with E-state index >= 15 is 0 Å². The first-order valence-corrected chi connectivity index (χ1v) is 11.4. The van der Waals surface area contributed by atoms with Gasteiger partial charge in [-0.3, -0.25) is 0 Å². The van der Waals surface area contributed by atoms with Crippen LogP contribution in [0.1, 0.15) is 0 Å². The Morgan fingerprint density at radius 2 is 1.18 bits per heavy atom. The van der Waals surface area contributed by atoms with E-state index in [2.05, 4.69) is 36.4 Å². The van der Waals surface area contributed by atoms with Gasteiger partial charge in [-0.25, -0.2) is 0 Å². The van der Waals surface area contributed by atoms with Crippen LogP contribution in [0.2, 0.25) is 0 Å². The number of aliphatic hydroxyl groups excluding tert-OH is 2. The van der Waals surface area contributed by atoms with Crippen LogP contribution in [0.4, 0.5) is 0 Å². The Labute approximate surface area is 166 Å². The third-order valence-electron chi connectivity index (χ3n) is 5.26. The zero-order valence-electron chi connectivity index (χ0n) is 15.5. The fourth-order valence-corrected chi connectivity index (χ4v) is 7.69. The van der Waals surface area contributed by atoms with Gasteiger partial charge in [-0.2, -0.15) is 0 Å². The predicted octanol–water partition coefficient (Wildman–Crippen LogP) is 0.791. The van der Waals surface area contributed by atoms with Crippen molar-refractivity contribution < 1.29 is 19.4 Å². The highest BCUT2D eigenvalue weighted by atomic mass is 28.4. The molecule has 1 saturated heterocycles. The fourth-order valence-electron chi connectivity index (χ4n) is 3.79. The lowest BCUT2D eigenvalue weighted by molar-refractivity contribution is -0.000734. The van der Waals surface area contributed by atoms with Crippen LogP contribution in [0.5, 0.6) is 0 Å². The molecule has 0 saturated carbocycles. The third-order valence-corrected chi connectivity index (χ3v) is 9.30. The first-order valence-electron chi connectivity index (χ1n) is 9.50. The summed E-state index contributed by atoms with van der Waals surface area (Å²) in [4.78, 5) is 0. The van der Waals surface area contributed by atoms with Crippen molar-refractivity contribution in [2.24, 2.45) is 0 Å². The van der Waals surface area contributed by atoms with Crippen molar-refractivity contribution in [3.8, 4) is 0 Å². The SMILES string of the molecule is OC1COC(CO[Si](c2ccccc2)(c2ccccc2)c2ccccc2)C1O. The quantitative estimate of drug-likeness (QED) is 0.481. The molecule has 3 aromatic carbocycles. The van der Waals surface area contributed by atoms with Crippen molar-refractivity contribution in [1.29, 1.82) is 0 Å². The molecule has 2 N–H and O–H groups in total. The van der Waals surface area contributed by atoms with Crippen molar-refractivity contribution >= 4 is 23.9 Å². The average Bonchev–Trinajstić information content (AvgIpc) is 3.09. The van der Waals surface area contributed by atoms with Crippen molar-refractivity contribution in [2.75, 3.05) is 13.2 Å². The minimum atomic E-state index is -2.82. The van der Waals surface area contributed by atoms with Gasteiger partial charge in [0.2, 0.25) is 0 Å². The molecular weight excluding hydrogens is 368 g/mol. The molecule has 3 unspecified atom stereocenters. The van der Waals surface area contributed by atoms with Crippen LogP contribution in [-0.2, 0) is 9.16 Å². The van der Waals surface area contributed by atoms with Gasteiger partial charge in [0.25, 0.3) is 8.32 Å². The van der Waals surface area contributed by atoms with Crippen molar-refractivity contribution in [1.82, 2.24) is 0 Å².